The Labute approximate surface area is 170 Å². The van der Waals surface area contributed by atoms with Gasteiger partial charge in [-0.3, -0.25) is 4.90 Å². The van der Waals surface area contributed by atoms with Gasteiger partial charge in [-0.2, -0.15) is 4.98 Å². The van der Waals surface area contributed by atoms with Crippen LogP contribution in [0, 0.1) is 0 Å². The average molecular weight is 387 g/mol. The molecule has 4 rings (SSSR count). The van der Waals surface area contributed by atoms with Crippen LogP contribution in [0.3, 0.4) is 0 Å². The molecule has 1 saturated carbocycles. The van der Waals surface area contributed by atoms with Gasteiger partial charge in [0.25, 0.3) is 0 Å². The molecule has 6 nitrogen and oxygen atoms in total. The van der Waals surface area contributed by atoms with E-state index >= 15 is 0 Å². The average Bonchev–Trinajstić information content (AvgIpc) is 2.93. The van der Waals surface area contributed by atoms with Crippen LogP contribution in [0.1, 0.15) is 70.6 Å². The van der Waals surface area contributed by atoms with E-state index in [1.165, 1.54) is 57.8 Å². The Kier molecular flexibility index (Phi) is 7.02. The van der Waals surface area contributed by atoms with Crippen LogP contribution >= 0.6 is 0 Å². The maximum Gasteiger partial charge on any atom is 0.224 e. The van der Waals surface area contributed by atoms with Gasteiger partial charge in [-0.15, -0.1) is 0 Å². The maximum atomic E-state index is 5.94. The van der Waals surface area contributed by atoms with Crippen LogP contribution in [0.4, 0.5) is 11.8 Å². The monoisotopic (exact) mass is 386 g/mol. The number of hydrogen-bond acceptors (Lipinski definition) is 6. The van der Waals surface area contributed by atoms with Gasteiger partial charge < -0.3 is 16.0 Å². The Morgan fingerprint density at radius 2 is 1.79 bits per heavy atom. The quantitative estimate of drug-likeness (QED) is 0.781. The van der Waals surface area contributed by atoms with Crippen molar-refractivity contribution in [3.05, 3.63) is 12.3 Å². The maximum absolute atomic E-state index is 5.94. The van der Waals surface area contributed by atoms with Crippen LogP contribution < -0.4 is 16.0 Å². The molecule has 3 aliphatic rings. The molecule has 0 amide bonds. The molecule has 1 aromatic heterocycles. The third kappa shape index (κ3) is 4.95. The fourth-order valence-corrected chi connectivity index (χ4v) is 5.46. The molecule has 3 heterocycles. The number of hydrogen-bond donors (Lipinski definition) is 2. The molecule has 3 N–H and O–H groups in total. The standard InChI is InChI=1S/C22H38N6/c23-12-10-20-16-18(17-28(20)19-8-4-3-5-9-19)25-22-24-13-11-21(26-22)27-14-6-1-2-7-15-27/h11,13,18-20H,1-10,12,14-17,23H2,(H,24,25,26)/t18-,20+/m0/s1. The Morgan fingerprint density at radius 1 is 1.04 bits per heavy atom. The molecule has 2 aliphatic heterocycles. The Balaban J connectivity index is 1.40. The summed E-state index contributed by atoms with van der Waals surface area (Å²) in [7, 11) is 0. The summed E-state index contributed by atoms with van der Waals surface area (Å²) < 4.78 is 0. The number of likely N-dealkylation sites (tertiary alicyclic amines) is 1. The highest BCUT2D eigenvalue weighted by Gasteiger charge is 2.36. The van der Waals surface area contributed by atoms with Crippen LogP contribution in [-0.2, 0) is 0 Å². The molecule has 0 unspecified atom stereocenters. The second-order valence-electron chi connectivity index (χ2n) is 8.94. The van der Waals surface area contributed by atoms with E-state index in [9.17, 15) is 0 Å². The van der Waals surface area contributed by atoms with Crippen molar-refractivity contribution in [1.29, 1.82) is 0 Å². The second kappa shape index (κ2) is 9.88. The van der Waals surface area contributed by atoms with E-state index in [2.05, 4.69) is 26.2 Å². The zero-order chi connectivity index (χ0) is 19.2. The number of rotatable bonds is 6. The van der Waals surface area contributed by atoms with E-state index in [1.54, 1.807) is 0 Å². The van der Waals surface area contributed by atoms with Crippen molar-refractivity contribution in [3.8, 4) is 0 Å². The van der Waals surface area contributed by atoms with E-state index in [0.29, 0.717) is 12.1 Å². The SMILES string of the molecule is NCC[C@@H]1C[C@H](Nc2nccc(N3CCCCCC3)n2)CN1C1CCCCC1. The van der Waals surface area contributed by atoms with E-state index in [4.69, 9.17) is 10.7 Å². The first-order valence-corrected chi connectivity index (χ1v) is 11.6. The molecule has 0 aromatic carbocycles. The molecule has 0 bridgehead atoms. The smallest absolute Gasteiger partial charge is 0.224 e. The first kappa shape index (κ1) is 19.9. The van der Waals surface area contributed by atoms with Gasteiger partial charge in [-0.05, 0) is 51.1 Å². The molecule has 28 heavy (non-hydrogen) atoms. The molecule has 1 aliphatic carbocycles. The molecular formula is C22H38N6. The number of nitrogens with two attached hydrogens (primary N) is 1. The van der Waals surface area contributed by atoms with Gasteiger partial charge in [-0.25, -0.2) is 4.98 Å². The number of anilines is 2. The van der Waals surface area contributed by atoms with Gasteiger partial charge >= 0.3 is 0 Å². The minimum absolute atomic E-state index is 0.429. The molecule has 6 heteroatoms. The van der Waals surface area contributed by atoms with E-state index in [0.717, 1.165) is 56.8 Å². The largest absolute Gasteiger partial charge is 0.356 e. The highest BCUT2D eigenvalue weighted by Crippen LogP contribution is 2.31. The summed E-state index contributed by atoms with van der Waals surface area (Å²) in [6.07, 6.45) is 16.3. The van der Waals surface area contributed by atoms with Crippen molar-refractivity contribution in [2.24, 2.45) is 5.73 Å². The Bertz CT molecular complexity index is 594. The molecule has 3 fully saturated rings. The topological polar surface area (TPSA) is 70.3 Å². The van der Waals surface area contributed by atoms with Crippen LogP contribution in [0.15, 0.2) is 12.3 Å². The van der Waals surface area contributed by atoms with Crippen molar-refractivity contribution < 1.29 is 0 Å². The van der Waals surface area contributed by atoms with Gasteiger partial charge in [0.1, 0.15) is 5.82 Å². The van der Waals surface area contributed by atoms with Crippen molar-refractivity contribution >= 4 is 11.8 Å². The molecule has 156 valence electrons. The van der Waals surface area contributed by atoms with Crippen LogP contribution in [0.25, 0.3) is 0 Å². The zero-order valence-corrected chi connectivity index (χ0v) is 17.4. The third-order valence-corrected chi connectivity index (χ3v) is 6.90. The summed E-state index contributed by atoms with van der Waals surface area (Å²) in [5.74, 6) is 1.88. The third-order valence-electron chi connectivity index (χ3n) is 6.90. The minimum Gasteiger partial charge on any atom is -0.356 e. The summed E-state index contributed by atoms with van der Waals surface area (Å²) in [6.45, 7) is 4.12. The number of nitrogens with one attached hydrogen (secondary N) is 1. The Hall–Kier alpha value is -1.40. The molecule has 2 atom stereocenters. The second-order valence-corrected chi connectivity index (χ2v) is 8.94. The summed E-state index contributed by atoms with van der Waals surface area (Å²) in [6, 6.07) is 3.86. The molecule has 0 radical (unpaired) electrons. The molecule has 1 aromatic rings. The van der Waals surface area contributed by atoms with Crippen molar-refractivity contribution in [2.45, 2.75) is 88.8 Å². The zero-order valence-electron chi connectivity index (χ0n) is 17.4. The summed E-state index contributed by atoms with van der Waals surface area (Å²) >= 11 is 0. The number of nitrogens with zero attached hydrogens (tertiary/aromatic N) is 4. The first-order valence-electron chi connectivity index (χ1n) is 11.6. The van der Waals surface area contributed by atoms with Gasteiger partial charge in [0.15, 0.2) is 0 Å². The van der Waals surface area contributed by atoms with Gasteiger partial charge in [0, 0.05) is 44.0 Å². The normalized spacial score (nSPS) is 27.7. The predicted octanol–water partition coefficient (Wildman–Crippen LogP) is 3.39. The lowest BCUT2D eigenvalue weighted by molar-refractivity contribution is 0.137. The molecule has 2 saturated heterocycles. The van der Waals surface area contributed by atoms with Gasteiger partial charge in [-0.1, -0.05) is 32.1 Å². The molecule has 0 spiro atoms. The highest BCUT2D eigenvalue weighted by atomic mass is 15.3. The lowest BCUT2D eigenvalue weighted by Crippen LogP contribution is -2.41. The highest BCUT2D eigenvalue weighted by molar-refractivity contribution is 5.43. The minimum atomic E-state index is 0.429. The summed E-state index contributed by atoms with van der Waals surface area (Å²) in [4.78, 5) is 14.6. The van der Waals surface area contributed by atoms with Crippen molar-refractivity contribution in [2.75, 3.05) is 36.4 Å². The molecular weight excluding hydrogens is 348 g/mol. The van der Waals surface area contributed by atoms with Crippen LogP contribution in [-0.4, -0.2) is 59.2 Å². The van der Waals surface area contributed by atoms with E-state index in [-0.39, 0.29) is 0 Å². The van der Waals surface area contributed by atoms with E-state index in [1.807, 2.05) is 6.20 Å². The lowest BCUT2D eigenvalue weighted by Gasteiger charge is -2.35. The van der Waals surface area contributed by atoms with Crippen LogP contribution in [0.2, 0.25) is 0 Å². The van der Waals surface area contributed by atoms with Gasteiger partial charge in [0.2, 0.25) is 5.95 Å². The summed E-state index contributed by atoms with van der Waals surface area (Å²) in [5, 5.41) is 3.66. The van der Waals surface area contributed by atoms with E-state index < -0.39 is 0 Å². The Morgan fingerprint density at radius 3 is 2.54 bits per heavy atom. The van der Waals surface area contributed by atoms with Gasteiger partial charge in [0.05, 0.1) is 0 Å². The fraction of sp³-hybridized carbons (Fsp3) is 0.818. The fourth-order valence-electron chi connectivity index (χ4n) is 5.46. The number of aromatic nitrogens is 2. The summed E-state index contributed by atoms with van der Waals surface area (Å²) in [5.41, 5.74) is 5.94. The van der Waals surface area contributed by atoms with Crippen molar-refractivity contribution in [3.63, 3.8) is 0 Å². The van der Waals surface area contributed by atoms with Crippen molar-refractivity contribution in [1.82, 2.24) is 14.9 Å². The first-order chi connectivity index (χ1) is 13.8. The predicted molar refractivity (Wildman–Crippen MR) is 116 cm³/mol. The van der Waals surface area contributed by atoms with Crippen LogP contribution in [0.5, 0.6) is 0 Å². The lowest BCUT2D eigenvalue weighted by atomic mass is 9.93.